The van der Waals surface area contributed by atoms with Crippen LogP contribution in [-0.4, -0.2) is 47.8 Å². The predicted molar refractivity (Wildman–Crippen MR) is 96.9 cm³/mol. The Morgan fingerprint density at radius 2 is 1.84 bits per heavy atom. The highest BCUT2D eigenvalue weighted by molar-refractivity contribution is 7.90. The van der Waals surface area contributed by atoms with Gasteiger partial charge in [-0.3, -0.25) is 4.98 Å². The van der Waals surface area contributed by atoms with E-state index in [-0.39, 0.29) is 11.3 Å². The number of piperidine rings is 1. The highest BCUT2D eigenvalue weighted by atomic mass is 32.2. The lowest BCUT2D eigenvalue weighted by molar-refractivity contribution is 0.505. The zero-order valence-corrected chi connectivity index (χ0v) is 15.0. The number of anilines is 1. The molecule has 1 atom stereocenters. The van der Waals surface area contributed by atoms with Crippen LogP contribution in [0.2, 0.25) is 0 Å². The summed E-state index contributed by atoms with van der Waals surface area (Å²) >= 11 is 0. The van der Waals surface area contributed by atoms with Gasteiger partial charge in [-0.2, -0.15) is 0 Å². The summed E-state index contributed by atoms with van der Waals surface area (Å²) in [4.78, 5) is 15.1. The summed E-state index contributed by atoms with van der Waals surface area (Å²) < 4.78 is 28.4. The van der Waals surface area contributed by atoms with Gasteiger partial charge in [0.2, 0.25) is 10.0 Å². The number of hydrogen-bond acceptors (Lipinski definition) is 6. The molecule has 0 amide bonds. The third kappa shape index (κ3) is 3.59. The second-order valence-electron chi connectivity index (χ2n) is 6.92. The average molecular weight is 361 g/mol. The molecule has 25 heavy (non-hydrogen) atoms. The van der Waals surface area contributed by atoms with Crippen LogP contribution in [0.15, 0.2) is 24.5 Å². The lowest BCUT2D eigenvalue weighted by atomic mass is 10.1. The smallest absolute Gasteiger partial charge is 0.216 e. The molecular formula is C17H23N5O2S. The molecule has 2 aromatic heterocycles. The highest BCUT2D eigenvalue weighted by Gasteiger charge is 2.33. The zero-order valence-electron chi connectivity index (χ0n) is 14.1. The first-order valence-corrected chi connectivity index (χ1v) is 10.5. The largest absolute Gasteiger partial charge is 0.355 e. The van der Waals surface area contributed by atoms with E-state index in [0.29, 0.717) is 18.6 Å². The van der Waals surface area contributed by atoms with Crippen LogP contribution >= 0.6 is 0 Å². The van der Waals surface area contributed by atoms with E-state index in [2.05, 4.69) is 24.6 Å². The first kappa shape index (κ1) is 16.7. The van der Waals surface area contributed by atoms with E-state index in [1.54, 1.807) is 12.4 Å². The van der Waals surface area contributed by atoms with Gasteiger partial charge in [-0.05, 0) is 37.8 Å². The third-order valence-electron chi connectivity index (χ3n) is 5.14. The van der Waals surface area contributed by atoms with Crippen molar-refractivity contribution in [3.05, 3.63) is 24.5 Å². The molecule has 2 fully saturated rings. The van der Waals surface area contributed by atoms with Gasteiger partial charge in [0.25, 0.3) is 0 Å². The van der Waals surface area contributed by atoms with Gasteiger partial charge in [-0.1, -0.05) is 12.8 Å². The molecule has 0 radical (unpaired) electrons. The number of sulfonamides is 1. The van der Waals surface area contributed by atoms with Gasteiger partial charge in [0.1, 0.15) is 11.3 Å². The molecule has 0 bridgehead atoms. The van der Waals surface area contributed by atoms with Gasteiger partial charge in [0.05, 0.1) is 5.25 Å². The summed E-state index contributed by atoms with van der Waals surface area (Å²) in [7, 11) is -3.30. The second-order valence-corrected chi connectivity index (χ2v) is 8.92. The molecule has 1 saturated carbocycles. The molecule has 0 spiro atoms. The number of hydrogen-bond donors (Lipinski definition) is 1. The summed E-state index contributed by atoms with van der Waals surface area (Å²) in [5, 5.41) is -0.388. The maximum absolute atomic E-state index is 12.8. The minimum absolute atomic E-state index is 0.120. The van der Waals surface area contributed by atoms with Crippen LogP contribution in [0.1, 0.15) is 38.5 Å². The predicted octanol–water partition coefficient (Wildman–Crippen LogP) is 1.86. The van der Waals surface area contributed by atoms with Crippen molar-refractivity contribution in [2.75, 3.05) is 18.0 Å². The Labute approximate surface area is 147 Å². The Kier molecular flexibility index (Phi) is 4.56. The lowest BCUT2D eigenvalue weighted by Crippen LogP contribution is -2.48. The van der Waals surface area contributed by atoms with Crippen LogP contribution in [0.5, 0.6) is 0 Å². The Bertz CT molecular complexity index is 851. The number of aromatic nitrogens is 3. The molecule has 2 aromatic rings. The first-order valence-electron chi connectivity index (χ1n) is 8.96. The molecule has 1 unspecified atom stereocenters. The van der Waals surface area contributed by atoms with Crippen molar-refractivity contribution in [2.24, 2.45) is 0 Å². The number of nitrogens with zero attached hydrogens (tertiary/aromatic N) is 4. The summed E-state index contributed by atoms with van der Waals surface area (Å²) in [6.45, 7) is 1.29. The molecular weight excluding hydrogens is 338 g/mol. The van der Waals surface area contributed by atoms with Crippen LogP contribution < -0.4 is 9.62 Å². The topological polar surface area (TPSA) is 88.1 Å². The van der Waals surface area contributed by atoms with Crippen molar-refractivity contribution in [1.82, 2.24) is 19.7 Å². The number of nitrogens with one attached hydrogen (secondary N) is 1. The molecule has 0 aromatic carbocycles. The lowest BCUT2D eigenvalue weighted by Gasteiger charge is -2.33. The Hall–Kier alpha value is -1.80. The van der Waals surface area contributed by atoms with Crippen molar-refractivity contribution in [2.45, 2.75) is 49.8 Å². The summed E-state index contributed by atoms with van der Waals surface area (Å²) in [6.07, 6.45) is 8.96. The molecule has 1 aliphatic carbocycles. The van der Waals surface area contributed by atoms with E-state index in [1.807, 2.05) is 12.1 Å². The maximum Gasteiger partial charge on any atom is 0.216 e. The van der Waals surface area contributed by atoms with Crippen LogP contribution in [0, 0.1) is 0 Å². The van der Waals surface area contributed by atoms with Gasteiger partial charge in [-0.25, -0.2) is 23.1 Å². The van der Waals surface area contributed by atoms with Gasteiger partial charge < -0.3 is 4.90 Å². The van der Waals surface area contributed by atoms with E-state index in [1.165, 1.54) is 0 Å². The van der Waals surface area contributed by atoms with E-state index in [9.17, 15) is 8.42 Å². The third-order valence-corrected chi connectivity index (χ3v) is 7.07. The van der Waals surface area contributed by atoms with Crippen molar-refractivity contribution in [1.29, 1.82) is 0 Å². The monoisotopic (exact) mass is 361 g/mol. The van der Waals surface area contributed by atoms with Gasteiger partial charge in [0.15, 0.2) is 5.65 Å². The van der Waals surface area contributed by atoms with Crippen LogP contribution in [0.3, 0.4) is 0 Å². The fraction of sp³-hybridized carbons (Fsp3) is 0.588. The van der Waals surface area contributed by atoms with E-state index in [4.69, 9.17) is 0 Å². The molecule has 1 saturated heterocycles. The normalized spacial score (nSPS) is 22.6. The molecule has 4 rings (SSSR count). The van der Waals surface area contributed by atoms with Crippen molar-refractivity contribution >= 4 is 27.0 Å². The van der Waals surface area contributed by atoms with Crippen LogP contribution in [-0.2, 0) is 10.0 Å². The fourth-order valence-electron chi connectivity index (χ4n) is 3.79. The Morgan fingerprint density at radius 1 is 1.04 bits per heavy atom. The summed E-state index contributed by atoms with van der Waals surface area (Å²) in [5.74, 6) is 0.772. The standard InChI is InChI=1S/C17H23N5O2S/c23-25(24,21-13-4-1-2-5-13)14-6-3-11-22(12-14)16-8-7-15-17(20-16)19-10-9-18-15/h7-10,13-14,21H,1-6,11-12H2. The second kappa shape index (κ2) is 6.84. The Morgan fingerprint density at radius 3 is 2.68 bits per heavy atom. The first-order chi connectivity index (χ1) is 12.1. The quantitative estimate of drug-likeness (QED) is 0.894. The van der Waals surface area contributed by atoms with E-state index >= 15 is 0 Å². The minimum atomic E-state index is -3.30. The van der Waals surface area contributed by atoms with Gasteiger partial charge >= 0.3 is 0 Å². The SMILES string of the molecule is O=S(=O)(NC1CCCC1)C1CCCN(c2ccc3nccnc3n2)C1. The highest BCUT2D eigenvalue weighted by Crippen LogP contribution is 2.25. The van der Waals surface area contributed by atoms with Gasteiger partial charge in [0, 0.05) is 31.5 Å². The molecule has 7 nitrogen and oxygen atoms in total. The molecule has 2 aliphatic rings. The van der Waals surface area contributed by atoms with Crippen molar-refractivity contribution < 1.29 is 8.42 Å². The number of pyridine rings is 1. The van der Waals surface area contributed by atoms with Crippen molar-refractivity contribution in [3.8, 4) is 0 Å². The molecule has 8 heteroatoms. The fourth-order valence-corrected chi connectivity index (χ4v) is 5.54. The molecule has 3 heterocycles. The average Bonchev–Trinajstić information content (AvgIpc) is 3.14. The minimum Gasteiger partial charge on any atom is -0.355 e. The van der Waals surface area contributed by atoms with Crippen LogP contribution in [0.25, 0.3) is 11.2 Å². The molecule has 134 valence electrons. The Balaban J connectivity index is 1.51. The maximum atomic E-state index is 12.8. The molecule has 1 aliphatic heterocycles. The van der Waals surface area contributed by atoms with Crippen molar-refractivity contribution in [3.63, 3.8) is 0 Å². The van der Waals surface area contributed by atoms with Crippen LogP contribution in [0.4, 0.5) is 5.82 Å². The van der Waals surface area contributed by atoms with E-state index in [0.717, 1.165) is 50.0 Å². The van der Waals surface area contributed by atoms with E-state index < -0.39 is 10.0 Å². The summed E-state index contributed by atoms with van der Waals surface area (Å²) in [6, 6.07) is 3.91. The number of fused-ring (bicyclic) bond motifs is 1. The summed E-state index contributed by atoms with van der Waals surface area (Å²) in [5.41, 5.74) is 1.34. The van der Waals surface area contributed by atoms with Gasteiger partial charge in [-0.15, -0.1) is 0 Å². The number of rotatable bonds is 4. The zero-order chi connectivity index (χ0) is 17.3. The molecule has 1 N–H and O–H groups in total.